The fraction of sp³-hybridized carbons (Fsp3) is 0.478. The van der Waals surface area contributed by atoms with Crippen molar-refractivity contribution in [2.24, 2.45) is 0 Å². The molecule has 5 atom stereocenters. The number of aliphatic hydroxyl groups excluding tert-OH is 4. The maximum absolute atomic E-state index is 10.3. The van der Waals surface area contributed by atoms with Gasteiger partial charge in [0.15, 0.2) is 23.0 Å². The molecule has 0 amide bonds. The summed E-state index contributed by atoms with van der Waals surface area (Å²) in [5, 5.41) is 39.6. The summed E-state index contributed by atoms with van der Waals surface area (Å²) in [6.45, 7) is -0.382. The summed E-state index contributed by atoms with van der Waals surface area (Å²) in [7, 11) is 3.06. The first kappa shape index (κ1) is 23.4. The minimum atomic E-state index is -1.53. The van der Waals surface area contributed by atoms with Crippen LogP contribution in [0.5, 0.6) is 28.7 Å². The second-order valence-electron chi connectivity index (χ2n) is 7.83. The van der Waals surface area contributed by atoms with E-state index in [0.717, 1.165) is 11.1 Å². The van der Waals surface area contributed by atoms with E-state index in [1.165, 1.54) is 7.11 Å². The van der Waals surface area contributed by atoms with Crippen molar-refractivity contribution in [2.75, 3.05) is 27.6 Å². The SMILES string of the molecule is COc1ccc(CCc2cc(OC)c3c(c2)OCO3)cc1O[C@@H]1O[C@H](CO)[C@@H](O)[C@H](O)[C@H]1O. The van der Waals surface area contributed by atoms with Gasteiger partial charge in [0.1, 0.15) is 24.4 Å². The summed E-state index contributed by atoms with van der Waals surface area (Å²) in [5.41, 5.74) is 1.93. The van der Waals surface area contributed by atoms with Crippen LogP contribution in [0.15, 0.2) is 30.3 Å². The summed E-state index contributed by atoms with van der Waals surface area (Å²) in [5.74, 6) is 2.55. The van der Waals surface area contributed by atoms with Gasteiger partial charge in [-0.3, -0.25) is 0 Å². The van der Waals surface area contributed by atoms with E-state index < -0.39 is 37.3 Å². The largest absolute Gasteiger partial charge is 0.493 e. The molecule has 1 saturated heterocycles. The summed E-state index contributed by atoms with van der Waals surface area (Å²) >= 11 is 0. The number of aryl methyl sites for hydroxylation is 2. The van der Waals surface area contributed by atoms with Crippen LogP contribution in [-0.2, 0) is 17.6 Å². The molecule has 0 unspecified atom stereocenters. The van der Waals surface area contributed by atoms with Crippen molar-refractivity contribution >= 4 is 0 Å². The average Bonchev–Trinajstić information content (AvgIpc) is 3.31. The van der Waals surface area contributed by atoms with E-state index in [2.05, 4.69) is 0 Å². The van der Waals surface area contributed by atoms with Gasteiger partial charge in [-0.1, -0.05) is 6.07 Å². The van der Waals surface area contributed by atoms with E-state index in [1.807, 2.05) is 18.2 Å². The molecule has 10 heteroatoms. The van der Waals surface area contributed by atoms with Crippen LogP contribution in [0, 0.1) is 0 Å². The van der Waals surface area contributed by atoms with Crippen molar-refractivity contribution in [2.45, 2.75) is 43.5 Å². The first-order valence-electron chi connectivity index (χ1n) is 10.6. The maximum atomic E-state index is 10.3. The molecule has 0 aromatic heterocycles. The van der Waals surface area contributed by atoms with Crippen molar-refractivity contribution in [1.82, 2.24) is 0 Å². The van der Waals surface area contributed by atoms with E-state index in [-0.39, 0.29) is 6.79 Å². The molecular formula is C23H28O10. The van der Waals surface area contributed by atoms with Gasteiger partial charge in [0.25, 0.3) is 0 Å². The minimum Gasteiger partial charge on any atom is -0.493 e. The van der Waals surface area contributed by atoms with E-state index in [1.54, 1.807) is 19.2 Å². The van der Waals surface area contributed by atoms with Gasteiger partial charge < -0.3 is 48.8 Å². The van der Waals surface area contributed by atoms with Crippen LogP contribution in [0.25, 0.3) is 0 Å². The van der Waals surface area contributed by atoms with Gasteiger partial charge in [0.2, 0.25) is 18.8 Å². The first-order valence-corrected chi connectivity index (χ1v) is 10.6. The second-order valence-corrected chi connectivity index (χ2v) is 7.83. The standard InChI is InChI=1S/C23H28O10/c1-28-14-6-5-12(3-4-13-8-16(29-2)22-17(9-13)30-11-31-22)7-15(14)32-23-21(27)20(26)19(25)18(10-24)33-23/h5-9,18-21,23-27H,3-4,10-11H2,1-2H3/t18-,19-,20+,21-,23-/m1/s1. The fourth-order valence-corrected chi connectivity index (χ4v) is 3.88. The molecule has 180 valence electrons. The van der Waals surface area contributed by atoms with Crippen LogP contribution >= 0.6 is 0 Å². The Balaban J connectivity index is 1.49. The van der Waals surface area contributed by atoms with Crippen LogP contribution in [0.2, 0.25) is 0 Å². The molecule has 1 fully saturated rings. The molecular weight excluding hydrogens is 436 g/mol. The molecule has 2 aromatic carbocycles. The molecule has 0 radical (unpaired) electrons. The first-order chi connectivity index (χ1) is 15.9. The van der Waals surface area contributed by atoms with Crippen LogP contribution in [-0.4, -0.2) is 78.8 Å². The third kappa shape index (κ3) is 4.80. The Hall–Kier alpha value is -2.76. The van der Waals surface area contributed by atoms with Crippen molar-refractivity contribution in [3.05, 3.63) is 41.5 Å². The predicted molar refractivity (Wildman–Crippen MR) is 114 cm³/mol. The van der Waals surface area contributed by atoms with Crippen molar-refractivity contribution in [3.63, 3.8) is 0 Å². The van der Waals surface area contributed by atoms with E-state index in [9.17, 15) is 20.4 Å². The molecule has 0 saturated carbocycles. The zero-order chi connectivity index (χ0) is 23.5. The number of ether oxygens (including phenoxy) is 6. The highest BCUT2D eigenvalue weighted by Crippen LogP contribution is 2.42. The molecule has 0 spiro atoms. The molecule has 2 aromatic rings. The lowest BCUT2D eigenvalue weighted by atomic mass is 9.99. The molecule has 10 nitrogen and oxygen atoms in total. The smallest absolute Gasteiger partial charge is 0.231 e. The van der Waals surface area contributed by atoms with Crippen LogP contribution < -0.4 is 23.7 Å². The number of hydrogen-bond donors (Lipinski definition) is 4. The zero-order valence-corrected chi connectivity index (χ0v) is 18.3. The Labute approximate surface area is 190 Å². The quantitative estimate of drug-likeness (QED) is 0.434. The minimum absolute atomic E-state index is 0.159. The van der Waals surface area contributed by atoms with E-state index in [0.29, 0.717) is 41.6 Å². The molecule has 2 aliphatic rings. The highest BCUT2D eigenvalue weighted by atomic mass is 16.7. The molecule has 4 rings (SSSR count). The average molecular weight is 464 g/mol. The topological polar surface area (TPSA) is 136 Å². The van der Waals surface area contributed by atoms with Gasteiger partial charge in [-0.25, -0.2) is 0 Å². The molecule has 2 heterocycles. The van der Waals surface area contributed by atoms with Crippen molar-refractivity contribution in [3.8, 4) is 28.7 Å². The Morgan fingerprint density at radius 2 is 1.58 bits per heavy atom. The van der Waals surface area contributed by atoms with Gasteiger partial charge in [0, 0.05) is 0 Å². The van der Waals surface area contributed by atoms with Gasteiger partial charge in [-0.15, -0.1) is 0 Å². The van der Waals surface area contributed by atoms with Gasteiger partial charge in [-0.2, -0.15) is 0 Å². The van der Waals surface area contributed by atoms with Crippen LogP contribution in [0.1, 0.15) is 11.1 Å². The summed E-state index contributed by atoms with van der Waals surface area (Å²) in [4.78, 5) is 0. The number of methoxy groups -OCH3 is 2. The fourth-order valence-electron chi connectivity index (χ4n) is 3.88. The number of hydrogen-bond acceptors (Lipinski definition) is 10. The lowest BCUT2D eigenvalue weighted by Gasteiger charge is -2.39. The van der Waals surface area contributed by atoms with Crippen LogP contribution in [0.4, 0.5) is 0 Å². The summed E-state index contributed by atoms with van der Waals surface area (Å²) < 4.78 is 32.9. The third-order valence-electron chi connectivity index (χ3n) is 5.74. The third-order valence-corrected chi connectivity index (χ3v) is 5.74. The Bertz CT molecular complexity index is 962. The Morgan fingerprint density at radius 3 is 2.30 bits per heavy atom. The zero-order valence-electron chi connectivity index (χ0n) is 18.3. The Morgan fingerprint density at radius 1 is 0.848 bits per heavy atom. The lowest BCUT2D eigenvalue weighted by molar-refractivity contribution is -0.277. The summed E-state index contributed by atoms with van der Waals surface area (Å²) in [6, 6.07) is 9.20. The predicted octanol–water partition coefficient (Wildman–Crippen LogP) is 0.396. The molecule has 2 aliphatic heterocycles. The van der Waals surface area contributed by atoms with Gasteiger partial charge in [-0.05, 0) is 48.2 Å². The molecule has 33 heavy (non-hydrogen) atoms. The van der Waals surface area contributed by atoms with Crippen LogP contribution in [0.3, 0.4) is 0 Å². The van der Waals surface area contributed by atoms with E-state index >= 15 is 0 Å². The maximum Gasteiger partial charge on any atom is 0.231 e. The Kier molecular flexibility index (Phi) is 7.11. The molecule has 0 bridgehead atoms. The highest BCUT2D eigenvalue weighted by Gasteiger charge is 2.45. The lowest BCUT2D eigenvalue weighted by Crippen LogP contribution is -2.60. The van der Waals surface area contributed by atoms with Crippen molar-refractivity contribution < 1.29 is 48.8 Å². The highest BCUT2D eigenvalue weighted by molar-refractivity contribution is 5.55. The number of aliphatic hydroxyl groups is 4. The van der Waals surface area contributed by atoms with Gasteiger partial charge in [0.05, 0.1) is 20.8 Å². The van der Waals surface area contributed by atoms with Gasteiger partial charge >= 0.3 is 0 Å². The summed E-state index contributed by atoms with van der Waals surface area (Å²) in [6.07, 6.45) is -5.55. The van der Waals surface area contributed by atoms with E-state index in [4.69, 9.17) is 28.4 Å². The monoisotopic (exact) mass is 464 g/mol. The number of rotatable bonds is 8. The number of benzene rings is 2. The number of fused-ring (bicyclic) bond motifs is 1. The molecule has 4 N–H and O–H groups in total. The normalized spacial score (nSPS) is 26.2. The van der Waals surface area contributed by atoms with Crippen molar-refractivity contribution in [1.29, 1.82) is 0 Å². The molecule has 0 aliphatic carbocycles. The second kappa shape index (κ2) is 10.0.